The molecule has 3 nitrogen and oxygen atoms in total. The van der Waals surface area contributed by atoms with Crippen molar-refractivity contribution in [3.63, 3.8) is 0 Å². The lowest BCUT2D eigenvalue weighted by atomic mass is 9.99. The van der Waals surface area contributed by atoms with Crippen molar-refractivity contribution >= 4 is 0 Å². The molecule has 0 aliphatic carbocycles. The second-order valence-corrected chi connectivity index (χ2v) is 4.81. The predicted molar refractivity (Wildman–Crippen MR) is 72.3 cm³/mol. The molecule has 92 valence electrons. The minimum Gasteiger partial charge on any atom is -0.319 e. The molecule has 0 radical (unpaired) electrons. The van der Waals surface area contributed by atoms with Gasteiger partial charge in [0.25, 0.3) is 0 Å². The van der Waals surface area contributed by atoms with Crippen molar-refractivity contribution in [2.24, 2.45) is 7.05 Å². The molecule has 0 amide bonds. The van der Waals surface area contributed by atoms with Crippen LogP contribution in [0.4, 0.5) is 0 Å². The average molecular weight is 239 g/mol. The van der Waals surface area contributed by atoms with Crippen molar-refractivity contribution in [3.05, 3.63) is 40.2 Å². The van der Waals surface area contributed by atoms with Crippen LogP contribution in [0, 0.1) is 39.0 Å². The van der Waals surface area contributed by atoms with Gasteiger partial charge < -0.3 is 4.57 Å². The number of rotatable bonds is 1. The van der Waals surface area contributed by atoms with E-state index >= 15 is 0 Å². The molecule has 1 aromatic carbocycles. The van der Waals surface area contributed by atoms with E-state index in [0.717, 1.165) is 17.1 Å². The van der Waals surface area contributed by atoms with E-state index < -0.39 is 0 Å². The molecule has 0 N–H and O–H groups in total. The maximum absolute atomic E-state index is 9.13. The molecule has 0 atom stereocenters. The minimum atomic E-state index is 0.629. The van der Waals surface area contributed by atoms with Crippen LogP contribution >= 0.6 is 0 Å². The zero-order valence-corrected chi connectivity index (χ0v) is 11.5. The first-order chi connectivity index (χ1) is 8.45. The normalized spacial score (nSPS) is 10.4. The van der Waals surface area contributed by atoms with E-state index in [1.54, 1.807) is 0 Å². The van der Waals surface area contributed by atoms with Crippen LogP contribution in [-0.2, 0) is 7.05 Å². The summed E-state index contributed by atoms with van der Waals surface area (Å²) in [5.74, 6) is 0.874. The zero-order chi connectivity index (χ0) is 13.4. The largest absolute Gasteiger partial charge is 0.319 e. The van der Waals surface area contributed by atoms with Crippen molar-refractivity contribution in [1.29, 1.82) is 5.26 Å². The van der Waals surface area contributed by atoms with Crippen molar-refractivity contribution in [2.45, 2.75) is 27.7 Å². The Morgan fingerprint density at radius 1 is 1.11 bits per heavy atom. The van der Waals surface area contributed by atoms with Gasteiger partial charge in [0, 0.05) is 12.6 Å². The molecule has 0 bridgehead atoms. The van der Waals surface area contributed by atoms with Gasteiger partial charge in [-0.1, -0.05) is 17.7 Å². The highest BCUT2D eigenvalue weighted by Crippen LogP contribution is 2.28. The molecule has 0 fully saturated rings. The van der Waals surface area contributed by atoms with Crippen molar-refractivity contribution < 1.29 is 0 Å². The van der Waals surface area contributed by atoms with Gasteiger partial charge in [0.15, 0.2) is 0 Å². The fourth-order valence-corrected chi connectivity index (χ4v) is 2.55. The molecule has 18 heavy (non-hydrogen) atoms. The molecule has 1 aromatic heterocycles. The Labute approximate surface area is 108 Å². The summed E-state index contributed by atoms with van der Waals surface area (Å²) in [6.07, 6.45) is 0. The highest BCUT2D eigenvalue weighted by Gasteiger charge is 2.16. The quantitative estimate of drug-likeness (QED) is 0.767. The van der Waals surface area contributed by atoms with Crippen molar-refractivity contribution in [1.82, 2.24) is 9.55 Å². The second-order valence-electron chi connectivity index (χ2n) is 4.81. The van der Waals surface area contributed by atoms with E-state index in [1.807, 2.05) is 18.5 Å². The minimum absolute atomic E-state index is 0.629. The van der Waals surface area contributed by atoms with Gasteiger partial charge in [0.05, 0.1) is 5.69 Å². The zero-order valence-electron chi connectivity index (χ0n) is 11.5. The average Bonchev–Trinajstić information content (AvgIpc) is 2.53. The summed E-state index contributed by atoms with van der Waals surface area (Å²) in [6, 6.07) is 6.51. The standard InChI is InChI=1S/C15H17N3/c1-9-6-10(2)14(11(3)7-9)15-17-12(4)13(8-16)18(15)5/h6-7H,1-5H3. The molecular weight excluding hydrogens is 222 g/mol. The molecule has 2 rings (SSSR count). The first kappa shape index (κ1) is 12.4. The highest BCUT2D eigenvalue weighted by atomic mass is 15.1. The molecule has 3 heteroatoms. The fraction of sp³-hybridized carbons (Fsp3) is 0.333. The summed E-state index contributed by atoms with van der Waals surface area (Å²) in [6.45, 7) is 8.14. The number of aromatic nitrogens is 2. The highest BCUT2D eigenvalue weighted by molar-refractivity contribution is 5.67. The third kappa shape index (κ3) is 1.80. The van der Waals surface area contributed by atoms with Crippen LogP contribution in [0.2, 0.25) is 0 Å². The number of hydrogen-bond acceptors (Lipinski definition) is 2. The van der Waals surface area contributed by atoms with E-state index in [9.17, 15) is 0 Å². The van der Waals surface area contributed by atoms with Crippen molar-refractivity contribution in [3.8, 4) is 17.5 Å². The third-order valence-electron chi connectivity index (χ3n) is 3.28. The number of benzene rings is 1. The van der Waals surface area contributed by atoms with Gasteiger partial charge >= 0.3 is 0 Å². The van der Waals surface area contributed by atoms with Gasteiger partial charge in [-0.2, -0.15) is 5.26 Å². The Bertz CT molecular complexity index is 634. The molecular formula is C15H17N3. The van der Waals surface area contributed by atoms with Gasteiger partial charge in [-0.15, -0.1) is 0 Å². The van der Waals surface area contributed by atoms with Crippen LogP contribution in [0.5, 0.6) is 0 Å². The summed E-state index contributed by atoms with van der Waals surface area (Å²) in [7, 11) is 1.90. The first-order valence-corrected chi connectivity index (χ1v) is 5.97. The topological polar surface area (TPSA) is 41.6 Å². The van der Waals surface area contributed by atoms with Crippen LogP contribution in [-0.4, -0.2) is 9.55 Å². The van der Waals surface area contributed by atoms with Crippen LogP contribution in [0.15, 0.2) is 12.1 Å². The number of aryl methyl sites for hydroxylation is 4. The van der Waals surface area contributed by atoms with Gasteiger partial charge in [-0.05, 0) is 38.8 Å². The van der Waals surface area contributed by atoms with E-state index in [2.05, 4.69) is 44.0 Å². The number of nitriles is 1. The Morgan fingerprint density at radius 3 is 2.11 bits per heavy atom. The van der Waals surface area contributed by atoms with E-state index in [1.165, 1.54) is 16.7 Å². The van der Waals surface area contributed by atoms with Gasteiger partial charge in [0.2, 0.25) is 0 Å². The maximum Gasteiger partial charge on any atom is 0.143 e. The first-order valence-electron chi connectivity index (χ1n) is 5.97. The van der Waals surface area contributed by atoms with Gasteiger partial charge in [0.1, 0.15) is 17.6 Å². The van der Waals surface area contributed by atoms with Gasteiger partial charge in [-0.25, -0.2) is 4.98 Å². The van der Waals surface area contributed by atoms with Crippen LogP contribution in [0.1, 0.15) is 28.1 Å². The number of nitrogens with zero attached hydrogens (tertiary/aromatic N) is 3. The summed E-state index contributed by atoms with van der Waals surface area (Å²) in [5, 5.41) is 9.13. The van der Waals surface area contributed by atoms with Gasteiger partial charge in [-0.3, -0.25) is 0 Å². The monoisotopic (exact) mass is 239 g/mol. The summed E-state index contributed by atoms with van der Waals surface area (Å²) in [5.41, 5.74) is 6.20. The molecule has 0 aliphatic heterocycles. The summed E-state index contributed by atoms with van der Waals surface area (Å²) in [4.78, 5) is 4.54. The Balaban J connectivity index is 2.75. The smallest absolute Gasteiger partial charge is 0.143 e. The molecule has 1 heterocycles. The molecule has 0 spiro atoms. The van der Waals surface area contributed by atoms with Crippen LogP contribution < -0.4 is 0 Å². The molecule has 0 unspecified atom stereocenters. The Morgan fingerprint density at radius 2 is 1.67 bits per heavy atom. The summed E-state index contributed by atoms with van der Waals surface area (Å²) < 4.78 is 1.88. The SMILES string of the molecule is Cc1cc(C)c(-c2nc(C)c(C#N)n2C)c(C)c1. The third-order valence-corrected chi connectivity index (χ3v) is 3.28. The lowest BCUT2D eigenvalue weighted by molar-refractivity contribution is 0.903. The van der Waals surface area contributed by atoms with Crippen LogP contribution in [0.3, 0.4) is 0 Å². The van der Waals surface area contributed by atoms with E-state index in [-0.39, 0.29) is 0 Å². The Hall–Kier alpha value is -2.08. The lowest BCUT2D eigenvalue weighted by Crippen LogP contribution is -1.99. The predicted octanol–water partition coefficient (Wildman–Crippen LogP) is 3.19. The van der Waals surface area contributed by atoms with E-state index in [0.29, 0.717) is 5.69 Å². The fourth-order valence-electron chi connectivity index (χ4n) is 2.55. The summed E-state index contributed by atoms with van der Waals surface area (Å²) >= 11 is 0. The van der Waals surface area contributed by atoms with Crippen molar-refractivity contribution in [2.75, 3.05) is 0 Å². The molecule has 0 saturated heterocycles. The number of hydrogen-bond donors (Lipinski definition) is 0. The van der Waals surface area contributed by atoms with E-state index in [4.69, 9.17) is 5.26 Å². The molecule has 2 aromatic rings. The molecule has 0 aliphatic rings. The molecule has 0 saturated carbocycles. The maximum atomic E-state index is 9.13. The second kappa shape index (κ2) is 4.30. The Kier molecular flexibility index (Phi) is 2.96. The number of imidazole rings is 1. The van der Waals surface area contributed by atoms with Crippen LogP contribution in [0.25, 0.3) is 11.4 Å². The lowest BCUT2D eigenvalue weighted by Gasteiger charge is -2.11.